The highest BCUT2D eigenvalue weighted by molar-refractivity contribution is 7.71. The number of rotatable bonds is 7. The minimum atomic E-state index is -1.01. The Kier molecular flexibility index (Phi) is 5.31. The second-order valence-corrected chi connectivity index (χ2v) is 7.32. The lowest BCUT2D eigenvalue weighted by Crippen LogP contribution is -2.07. The highest BCUT2D eigenvalue weighted by Gasteiger charge is 2.23. The Balaban J connectivity index is 1.92. The summed E-state index contributed by atoms with van der Waals surface area (Å²) in [4.78, 5) is 12.0. The molecule has 0 aliphatic carbocycles. The summed E-state index contributed by atoms with van der Waals surface area (Å²) in [7, 11) is 0. The molecular formula is C21H22N4O4S. The number of hydrogen-bond acceptors (Lipinski definition) is 5. The van der Waals surface area contributed by atoms with Crippen molar-refractivity contribution in [3.05, 3.63) is 52.2 Å². The Morgan fingerprint density at radius 2 is 1.97 bits per heavy atom. The van der Waals surface area contributed by atoms with E-state index in [0.29, 0.717) is 40.5 Å². The second-order valence-electron chi connectivity index (χ2n) is 6.94. The van der Waals surface area contributed by atoms with E-state index in [1.807, 2.05) is 40.3 Å². The van der Waals surface area contributed by atoms with Gasteiger partial charge in [-0.1, -0.05) is 24.3 Å². The minimum Gasteiger partial charge on any atom is -0.485 e. The van der Waals surface area contributed by atoms with Crippen molar-refractivity contribution in [1.29, 1.82) is 0 Å². The average molecular weight is 426 g/mol. The number of ether oxygens (including phenoxy) is 1. The fraction of sp³-hybridized carbons (Fsp3) is 0.286. The second kappa shape index (κ2) is 7.92. The van der Waals surface area contributed by atoms with Crippen LogP contribution < -0.4 is 4.74 Å². The minimum absolute atomic E-state index is 0.0875. The van der Waals surface area contributed by atoms with Gasteiger partial charge in [-0.25, -0.2) is 4.79 Å². The lowest BCUT2D eigenvalue weighted by atomic mass is 10.0. The number of nitrogens with one attached hydrogen (secondary N) is 1. The fourth-order valence-electron chi connectivity index (χ4n) is 4.00. The van der Waals surface area contributed by atoms with Crippen LogP contribution in [0, 0.1) is 11.7 Å². The van der Waals surface area contributed by atoms with Gasteiger partial charge in [-0.3, -0.25) is 5.10 Å². The van der Waals surface area contributed by atoms with Crippen molar-refractivity contribution in [2.75, 3.05) is 6.61 Å². The molecule has 3 N–H and O–H groups in total. The fourth-order valence-corrected chi connectivity index (χ4v) is 4.28. The summed E-state index contributed by atoms with van der Waals surface area (Å²) in [6.45, 7) is 4.81. The van der Waals surface area contributed by atoms with Crippen LogP contribution in [0.2, 0.25) is 0 Å². The summed E-state index contributed by atoms with van der Waals surface area (Å²) in [6, 6.07) is 9.45. The molecule has 4 rings (SSSR count). The van der Waals surface area contributed by atoms with E-state index in [-0.39, 0.29) is 18.8 Å². The third-order valence-electron chi connectivity index (χ3n) is 5.33. The molecule has 0 amide bonds. The quantitative estimate of drug-likeness (QED) is 0.390. The largest absolute Gasteiger partial charge is 0.485 e. The molecule has 2 aromatic heterocycles. The predicted molar refractivity (Wildman–Crippen MR) is 116 cm³/mol. The number of H-pyrrole nitrogens is 1. The molecule has 0 unspecified atom stereocenters. The molecular weight excluding hydrogens is 404 g/mol. The van der Waals surface area contributed by atoms with Gasteiger partial charge < -0.3 is 24.1 Å². The van der Waals surface area contributed by atoms with Crippen LogP contribution in [0.1, 0.15) is 28.8 Å². The molecule has 0 fully saturated rings. The van der Waals surface area contributed by atoms with Crippen LogP contribution >= 0.6 is 12.2 Å². The van der Waals surface area contributed by atoms with Gasteiger partial charge in [-0.2, -0.15) is 5.10 Å². The number of hydrogen-bond donors (Lipinski definition) is 3. The molecule has 0 spiro atoms. The highest BCUT2D eigenvalue weighted by Crippen LogP contribution is 2.38. The molecule has 0 saturated carbocycles. The zero-order valence-corrected chi connectivity index (χ0v) is 17.5. The zero-order valence-electron chi connectivity index (χ0n) is 16.7. The van der Waals surface area contributed by atoms with Gasteiger partial charge in [0.25, 0.3) is 0 Å². The van der Waals surface area contributed by atoms with E-state index in [9.17, 15) is 15.0 Å². The number of aromatic amines is 1. The standard InChI is InChI=1S/C21H22N4O4S/c1-3-24-17(22-23-21(24)30)11-29-16-10-15-18(20(27)28)12(2)25(8-9-26)19(15)14-7-5-4-6-13(14)16/h4-7,10,26H,3,8-9,11H2,1-2H3,(H,23,30)(H,27,28). The number of aromatic carboxylic acids is 1. The van der Waals surface area contributed by atoms with Crippen LogP contribution in [0.3, 0.4) is 0 Å². The van der Waals surface area contributed by atoms with E-state index in [4.69, 9.17) is 17.0 Å². The maximum absolute atomic E-state index is 12.0. The summed E-state index contributed by atoms with van der Waals surface area (Å²) >= 11 is 5.23. The lowest BCUT2D eigenvalue weighted by Gasteiger charge is -2.13. The Hall–Kier alpha value is -3.17. The van der Waals surface area contributed by atoms with Gasteiger partial charge in [0, 0.05) is 34.9 Å². The Morgan fingerprint density at radius 1 is 1.23 bits per heavy atom. The first-order valence-corrected chi connectivity index (χ1v) is 10.0. The van der Waals surface area contributed by atoms with Crippen LogP contribution in [-0.2, 0) is 19.7 Å². The van der Waals surface area contributed by atoms with Crippen molar-refractivity contribution < 1.29 is 19.7 Å². The van der Waals surface area contributed by atoms with Gasteiger partial charge >= 0.3 is 5.97 Å². The summed E-state index contributed by atoms with van der Waals surface area (Å²) < 4.78 is 10.3. The van der Waals surface area contributed by atoms with Crippen molar-refractivity contribution >= 4 is 39.9 Å². The summed E-state index contributed by atoms with van der Waals surface area (Å²) in [5, 5.41) is 28.7. The van der Waals surface area contributed by atoms with Crippen molar-refractivity contribution in [1.82, 2.24) is 19.3 Å². The Bertz CT molecular complexity index is 1320. The summed E-state index contributed by atoms with van der Waals surface area (Å²) in [5.41, 5.74) is 1.59. The molecule has 30 heavy (non-hydrogen) atoms. The van der Waals surface area contributed by atoms with Crippen molar-refractivity contribution in [3.63, 3.8) is 0 Å². The predicted octanol–water partition coefficient (Wildman–Crippen LogP) is 3.65. The maximum atomic E-state index is 12.0. The number of benzene rings is 2. The van der Waals surface area contributed by atoms with Gasteiger partial charge in [-0.15, -0.1) is 0 Å². The van der Waals surface area contributed by atoms with Crippen molar-refractivity contribution in [2.24, 2.45) is 0 Å². The van der Waals surface area contributed by atoms with Gasteiger partial charge in [-0.05, 0) is 32.1 Å². The third kappa shape index (κ3) is 3.16. The lowest BCUT2D eigenvalue weighted by molar-refractivity contribution is 0.0697. The Labute approximate surface area is 177 Å². The maximum Gasteiger partial charge on any atom is 0.338 e. The van der Waals surface area contributed by atoms with E-state index < -0.39 is 5.97 Å². The first-order valence-electron chi connectivity index (χ1n) is 9.63. The Morgan fingerprint density at radius 3 is 2.63 bits per heavy atom. The van der Waals surface area contributed by atoms with Gasteiger partial charge in [0.05, 0.1) is 17.7 Å². The number of carboxylic acids is 1. The number of carbonyl (C=O) groups is 1. The molecule has 2 heterocycles. The van der Waals surface area contributed by atoms with Crippen LogP contribution in [0.5, 0.6) is 5.75 Å². The molecule has 2 aromatic carbocycles. The van der Waals surface area contributed by atoms with Crippen LogP contribution in [-0.4, -0.2) is 42.1 Å². The van der Waals surface area contributed by atoms with E-state index >= 15 is 0 Å². The molecule has 8 nitrogen and oxygen atoms in total. The molecule has 0 atom stereocenters. The molecule has 0 aliphatic rings. The molecule has 9 heteroatoms. The van der Waals surface area contributed by atoms with Crippen LogP contribution in [0.15, 0.2) is 30.3 Å². The number of nitrogens with zero attached hydrogens (tertiary/aromatic N) is 3. The van der Waals surface area contributed by atoms with E-state index in [2.05, 4.69) is 10.2 Å². The van der Waals surface area contributed by atoms with E-state index in [1.165, 1.54) is 0 Å². The number of carboxylic acid groups (broad SMARTS) is 1. The normalized spacial score (nSPS) is 11.4. The van der Waals surface area contributed by atoms with E-state index in [1.54, 1.807) is 13.0 Å². The zero-order chi connectivity index (χ0) is 21.4. The van der Waals surface area contributed by atoms with Crippen molar-refractivity contribution in [3.8, 4) is 5.75 Å². The topological polar surface area (TPSA) is 105 Å². The highest BCUT2D eigenvalue weighted by atomic mass is 32.1. The number of aliphatic hydroxyl groups is 1. The van der Waals surface area contributed by atoms with Crippen LogP contribution in [0.4, 0.5) is 0 Å². The van der Waals surface area contributed by atoms with E-state index in [0.717, 1.165) is 16.3 Å². The number of fused-ring (bicyclic) bond motifs is 3. The molecule has 0 aliphatic heterocycles. The number of aliphatic hydroxyl groups excluding tert-OH is 1. The molecule has 4 aromatic rings. The summed E-state index contributed by atoms with van der Waals surface area (Å²) in [5.74, 6) is 0.222. The SMILES string of the molecule is CCn1c(COc2cc3c(C(=O)O)c(C)n(CCO)c3c3ccccc23)n[nH]c1=S. The first kappa shape index (κ1) is 20.1. The molecule has 0 saturated heterocycles. The number of aromatic nitrogens is 4. The average Bonchev–Trinajstić information content (AvgIpc) is 3.23. The molecule has 0 bridgehead atoms. The molecule has 0 radical (unpaired) electrons. The molecule has 156 valence electrons. The van der Waals surface area contributed by atoms with Crippen LogP contribution in [0.25, 0.3) is 21.7 Å². The third-order valence-corrected chi connectivity index (χ3v) is 5.64. The van der Waals surface area contributed by atoms with Crippen molar-refractivity contribution in [2.45, 2.75) is 33.5 Å². The first-order chi connectivity index (χ1) is 14.5. The summed E-state index contributed by atoms with van der Waals surface area (Å²) in [6.07, 6.45) is 0. The monoisotopic (exact) mass is 426 g/mol. The smallest absolute Gasteiger partial charge is 0.338 e. The van der Waals surface area contributed by atoms with Gasteiger partial charge in [0.1, 0.15) is 12.4 Å². The van der Waals surface area contributed by atoms with Gasteiger partial charge in [0.15, 0.2) is 10.6 Å². The van der Waals surface area contributed by atoms with Gasteiger partial charge in [0.2, 0.25) is 0 Å².